The van der Waals surface area contributed by atoms with Gasteiger partial charge < -0.3 is 14.7 Å². The first kappa shape index (κ1) is 23.1. The van der Waals surface area contributed by atoms with E-state index in [1.165, 1.54) is 0 Å². The minimum atomic E-state index is -0.338. The molecular weight excluding hydrogens is 416 g/mol. The van der Waals surface area contributed by atoms with Crippen molar-refractivity contribution in [3.05, 3.63) is 72.1 Å². The summed E-state index contributed by atoms with van der Waals surface area (Å²) >= 11 is 0. The highest BCUT2D eigenvalue weighted by Gasteiger charge is 2.40. The van der Waals surface area contributed by atoms with Crippen molar-refractivity contribution in [2.75, 3.05) is 26.4 Å². The van der Waals surface area contributed by atoms with Gasteiger partial charge in [0.25, 0.3) is 0 Å². The van der Waals surface area contributed by atoms with Crippen LogP contribution in [0.15, 0.2) is 60.7 Å². The van der Waals surface area contributed by atoms with Crippen molar-refractivity contribution in [2.45, 2.75) is 33.4 Å². The maximum Gasteiger partial charge on any atom is 0.249 e. The molecule has 1 aromatic heterocycles. The van der Waals surface area contributed by atoms with Gasteiger partial charge in [0.15, 0.2) is 11.6 Å². The summed E-state index contributed by atoms with van der Waals surface area (Å²) in [6.07, 6.45) is 0. The fourth-order valence-electron chi connectivity index (χ4n) is 4.32. The lowest BCUT2D eigenvalue weighted by atomic mass is 9.84. The van der Waals surface area contributed by atoms with Crippen LogP contribution in [0.5, 0.6) is 0 Å². The van der Waals surface area contributed by atoms with Crippen LogP contribution in [0.4, 0.5) is 0 Å². The van der Waals surface area contributed by atoms with Gasteiger partial charge in [-0.1, -0.05) is 81.4 Å². The summed E-state index contributed by atoms with van der Waals surface area (Å²) in [4.78, 5) is 20.0. The molecule has 2 atom stereocenters. The zero-order valence-corrected chi connectivity index (χ0v) is 19.5. The summed E-state index contributed by atoms with van der Waals surface area (Å²) in [7, 11) is 0. The molecule has 1 aliphatic heterocycles. The van der Waals surface area contributed by atoms with Crippen molar-refractivity contribution in [1.82, 2.24) is 19.7 Å². The van der Waals surface area contributed by atoms with Crippen LogP contribution in [0.1, 0.15) is 38.2 Å². The van der Waals surface area contributed by atoms with Gasteiger partial charge in [-0.05, 0) is 11.0 Å². The van der Waals surface area contributed by atoms with Gasteiger partial charge in [-0.2, -0.15) is 5.10 Å². The first-order valence-electron chi connectivity index (χ1n) is 11.4. The molecule has 4 rings (SSSR count). The van der Waals surface area contributed by atoms with E-state index < -0.39 is 0 Å². The molecule has 2 heterocycles. The van der Waals surface area contributed by atoms with Crippen molar-refractivity contribution in [3.8, 4) is 11.4 Å². The van der Waals surface area contributed by atoms with Gasteiger partial charge in [-0.3, -0.25) is 4.79 Å². The molecule has 33 heavy (non-hydrogen) atoms. The van der Waals surface area contributed by atoms with Crippen LogP contribution in [0.3, 0.4) is 0 Å². The molecule has 1 amide bonds. The third-order valence-corrected chi connectivity index (χ3v) is 5.90. The average molecular weight is 449 g/mol. The molecule has 7 heteroatoms. The highest BCUT2D eigenvalue weighted by atomic mass is 16.5. The molecule has 0 bridgehead atoms. The van der Waals surface area contributed by atoms with Crippen LogP contribution in [0.2, 0.25) is 0 Å². The number of rotatable bonds is 6. The van der Waals surface area contributed by atoms with Gasteiger partial charge in [0.05, 0.1) is 19.2 Å². The number of aliphatic hydroxyl groups is 1. The number of amides is 1. The predicted octanol–water partition coefficient (Wildman–Crippen LogP) is 3.55. The number of aromatic nitrogens is 3. The second kappa shape index (κ2) is 9.85. The molecule has 1 aliphatic rings. The van der Waals surface area contributed by atoms with E-state index in [1.807, 2.05) is 58.1 Å². The van der Waals surface area contributed by atoms with Gasteiger partial charge in [-0.15, -0.1) is 0 Å². The van der Waals surface area contributed by atoms with E-state index in [-0.39, 0.29) is 36.5 Å². The Balaban J connectivity index is 1.83. The van der Waals surface area contributed by atoms with E-state index in [0.717, 1.165) is 17.0 Å². The zero-order valence-electron chi connectivity index (χ0n) is 19.5. The minimum absolute atomic E-state index is 0.00143. The Morgan fingerprint density at radius 1 is 1.09 bits per heavy atom. The lowest BCUT2D eigenvalue weighted by molar-refractivity contribution is -0.139. The second-order valence-electron chi connectivity index (χ2n) is 9.68. The molecule has 0 aliphatic carbocycles. The normalized spacial score (nSPS) is 18.2. The quantitative estimate of drug-likeness (QED) is 0.624. The first-order chi connectivity index (χ1) is 15.9. The number of benzene rings is 2. The molecule has 7 nitrogen and oxygen atoms in total. The van der Waals surface area contributed by atoms with Gasteiger partial charge >= 0.3 is 0 Å². The summed E-state index contributed by atoms with van der Waals surface area (Å²) in [5.41, 5.74) is 1.71. The Morgan fingerprint density at radius 2 is 1.76 bits per heavy atom. The van der Waals surface area contributed by atoms with Gasteiger partial charge in [0, 0.05) is 24.6 Å². The van der Waals surface area contributed by atoms with Crippen LogP contribution in [-0.2, 0) is 16.1 Å². The van der Waals surface area contributed by atoms with Crippen LogP contribution in [0, 0.1) is 11.3 Å². The molecular formula is C26H32N4O3. The van der Waals surface area contributed by atoms with E-state index in [1.54, 1.807) is 0 Å². The molecule has 0 unspecified atom stereocenters. The van der Waals surface area contributed by atoms with E-state index >= 15 is 0 Å². The van der Waals surface area contributed by atoms with Crippen LogP contribution >= 0.6 is 0 Å². The molecule has 0 spiro atoms. The number of carbonyl (C=O) groups is 1. The van der Waals surface area contributed by atoms with E-state index in [4.69, 9.17) is 14.8 Å². The summed E-state index contributed by atoms with van der Waals surface area (Å²) in [6.45, 7) is 7.60. The van der Waals surface area contributed by atoms with E-state index in [0.29, 0.717) is 25.5 Å². The van der Waals surface area contributed by atoms with Crippen LogP contribution in [-0.4, -0.2) is 57.0 Å². The number of hydrogen-bond acceptors (Lipinski definition) is 5. The van der Waals surface area contributed by atoms with Crippen molar-refractivity contribution in [2.24, 2.45) is 11.3 Å². The average Bonchev–Trinajstić information content (AvgIpc) is 3.11. The minimum Gasteiger partial charge on any atom is -0.396 e. The third-order valence-electron chi connectivity index (χ3n) is 5.90. The number of hydrogen-bond donors (Lipinski definition) is 1. The topological polar surface area (TPSA) is 80.5 Å². The zero-order chi connectivity index (χ0) is 23.4. The summed E-state index contributed by atoms with van der Waals surface area (Å²) in [5, 5.41) is 14.7. The Labute approximate surface area is 195 Å². The highest BCUT2D eigenvalue weighted by molar-refractivity contribution is 5.78. The smallest absolute Gasteiger partial charge is 0.249 e. The SMILES string of the molecule is CC(C)(C)[C@H](c1nc(-c2ccccc2)nn1Cc1ccccc1)N1C[C@H](CO)COCC1=O. The van der Waals surface area contributed by atoms with E-state index in [9.17, 15) is 9.90 Å². The first-order valence-corrected chi connectivity index (χ1v) is 11.4. The molecule has 2 aromatic carbocycles. The molecule has 1 N–H and O–H groups in total. The molecule has 1 fully saturated rings. The monoisotopic (exact) mass is 448 g/mol. The fourth-order valence-corrected chi connectivity index (χ4v) is 4.32. The van der Waals surface area contributed by atoms with Gasteiger partial charge in [0.1, 0.15) is 6.61 Å². The van der Waals surface area contributed by atoms with Crippen LogP contribution < -0.4 is 0 Å². The Kier molecular flexibility index (Phi) is 6.91. The molecule has 1 saturated heterocycles. The van der Waals surface area contributed by atoms with Crippen molar-refractivity contribution >= 4 is 5.91 Å². The number of nitrogens with zero attached hydrogens (tertiary/aromatic N) is 4. The summed E-state index contributed by atoms with van der Waals surface area (Å²) in [6, 6.07) is 19.7. The summed E-state index contributed by atoms with van der Waals surface area (Å²) in [5.74, 6) is 1.13. The number of carbonyl (C=O) groups excluding carboxylic acids is 1. The molecule has 0 radical (unpaired) electrons. The van der Waals surface area contributed by atoms with Crippen LogP contribution in [0.25, 0.3) is 11.4 Å². The molecule has 174 valence electrons. The predicted molar refractivity (Wildman–Crippen MR) is 126 cm³/mol. The maximum absolute atomic E-state index is 13.1. The molecule has 0 saturated carbocycles. The third kappa shape index (κ3) is 5.31. The Morgan fingerprint density at radius 3 is 2.39 bits per heavy atom. The summed E-state index contributed by atoms with van der Waals surface area (Å²) < 4.78 is 7.46. The lowest BCUT2D eigenvalue weighted by Crippen LogP contribution is -2.45. The van der Waals surface area contributed by atoms with Crippen molar-refractivity contribution in [3.63, 3.8) is 0 Å². The van der Waals surface area contributed by atoms with Crippen molar-refractivity contribution in [1.29, 1.82) is 0 Å². The Bertz CT molecular complexity index is 1060. The maximum atomic E-state index is 13.1. The fraction of sp³-hybridized carbons (Fsp3) is 0.423. The molecule has 3 aromatic rings. The largest absolute Gasteiger partial charge is 0.396 e. The van der Waals surface area contributed by atoms with Crippen molar-refractivity contribution < 1.29 is 14.6 Å². The highest BCUT2D eigenvalue weighted by Crippen LogP contribution is 2.39. The Hall–Kier alpha value is -3.03. The van der Waals surface area contributed by atoms with Gasteiger partial charge in [-0.25, -0.2) is 9.67 Å². The van der Waals surface area contributed by atoms with E-state index in [2.05, 4.69) is 32.9 Å². The lowest BCUT2D eigenvalue weighted by Gasteiger charge is -2.39. The number of ether oxygens (including phenoxy) is 1. The standard InChI is InChI=1S/C26H32N4O3/c1-26(2,3)23(29-14-20(16-31)17-33-18-22(29)32)25-27-24(21-12-8-5-9-13-21)28-30(25)15-19-10-6-4-7-11-19/h4-13,20,23,31H,14-18H2,1-3H3/t20-,23+/m1/s1. The van der Waals surface area contributed by atoms with Gasteiger partial charge in [0.2, 0.25) is 5.91 Å². The second-order valence-corrected chi connectivity index (χ2v) is 9.68. The number of aliphatic hydroxyl groups excluding tert-OH is 1.